The number of anilines is 1. The fourth-order valence-corrected chi connectivity index (χ4v) is 3.66. The number of para-hydroxylation sites is 1. The van der Waals surface area contributed by atoms with Crippen LogP contribution in [0, 0.1) is 5.92 Å². The largest absolute Gasteiger partial charge is 0.491 e. The Morgan fingerprint density at radius 2 is 2.07 bits per heavy atom. The summed E-state index contributed by atoms with van der Waals surface area (Å²) in [5, 5.41) is 6.64. The average Bonchev–Trinajstić information content (AvgIpc) is 3.59. The first-order valence-electron chi connectivity index (χ1n) is 10.3. The van der Waals surface area contributed by atoms with E-state index in [2.05, 4.69) is 15.6 Å². The molecule has 1 aromatic carbocycles. The molecule has 6 nitrogen and oxygen atoms in total. The molecular weight excluding hydrogens is 396 g/mol. The number of likely N-dealkylation sites (N-methyl/N-ethyl adjacent to an activating group) is 1. The first-order chi connectivity index (χ1) is 14.6. The second-order valence-corrected chi connectivity index (χ2v) is 8.15. The molecule has 2 aliphatic rings. The van der Waals surface area contributed by atoms with E-state index in [4.69, 9.17) is 17.0 Å². The molecule has 0 bridgehead atoms. The van der Waals surface area contributed by atoms with E-state index in [0.717, 1.165) is 35.7 Å². The van der Waals surface area contributed by atoms with Crippen molar-refractivity contribution >= 4 is 28.8 Å². The molecule has 0 atom stereocenters. The Morgan fingerprint density at radius 3 is 2.83 bits per heavy atom. The quantitative estimate of drug-likeness (QED) is 0.635. The number of aromatic nitrogens is 1. The van der Waals surface area contributed by atoms with Crippen molar-refractivity contribution in [3.05, 3.63) is 65.6 Å². The van der Waals surface area contributed by atoms with Gasteiger partial charge in [0.1, 0.15) is 10.7 Å². The molecule has 1 amide bonds. The van der Waals surface area contributed by atoms with Crippen LogP contribution in [0.3, 0.4) is 0 Å². The number of nitrogens with zero attached hydrogens (tertiary/aromatic N) is 2. The zero-order valence-corrected chi connectivity index (χ0v) is 17.9. The standard InChI is InChI=1S/C23H26N4O2S/c1-27-12-10-19(21(23(27)28)22(30)26-18-5-3-2-4-6-18)25-13-17-9-11-24-14-20(17)29-15-16-7-8-16/h2-6,9,11,14,16,25H,7-8,10,12-13,15H2,1H3,(H,26,30). The average molecular weight is 423 g/mol. The zero-order valence-electron chi connectivity index (χ0n) is 17.1. The highest BCUT2D eigenvalue weighted by molar-refractivity contribution is 7.81. The molecule has 1 fully saturated rings. The van der Waals surface area contributed by atoms with Gasteiger partial charge in [-0.15, -0.1) is 0 Å². The molecule has 0 unspecified atom stereocenters. The summed E-state index contributed by atoms with van der Waals surface area (Å²) in [6.45, 7) is 1.94. The molecule has 156 valence electrons. The van der Waals surface area contributed by atoms with Gasteiger partial charge < -0.3 is 20.3 Å². The van der Waals surface area contributed by atoms with E-state index in [1.807, 2.05) is 36.4 Å². The van der Waals surface area contributed by atoms with Crippen molar-refractivity contribution in [1.29, 1.82) is 0 Å². The van der Waals surface area contributed by atoms with Gasteiger partial charge in [0, 0.05) is 49.7 Å². The van der Waals surface area contributed by atoms with E-state index in [0.29, 0.717) is 29.6 Å². The third kappa shape index (κ3) is 4.97. The van der Waals surface area contributed by atoms with Gasteiger partial charge in [0.2, 0.25) is 0 Å². The SMILES string of the molecule is CN1CCC(NCc2ccncc2OCC2CC2)=C(C(=S)Nc2ccccc2)C1=O. The first-order valence-corrected chi connectivity index (χ1v) is 10.7. The summed E-state index contributed by atoms with van der Waals surface area (Å²) in [4.78, 5) is 19.2. The molecule has 1 aromatic heterocycles. The molecular formula is C23H26N4O2S. The van der Waals surface area contributed by atoms with Crippen LogP contribution in [0.2, 0.25) is 0 Å². The third-order valence-electron chi connectivity index (χ3n) is 5.35. The lowest BCUT2D eigenvalue weighted by Crippen LogP contribution is -2.40. The minimum atomic E-state index is -0.0721. The third-order valence-corrected chi connectivity index (χ3v) is 5.66. The molecule has 7 heteroatoms. The van der Waals surface area contributed by atoms with Crippen molar-refractivity contribution in [3.8, 4) is 5.75 Å². The number of ether oxygens (including phenoxy) is 1. The maximum atomic E-state index is 12.9. The van der Waals surface area contributed by atoms with Gasteiger partial charge in [-0.25, -0.2) is 0 Å². The summed E-state index contributed by atoms with van der Waals surface area (Å²) < 4.78 is 5.96. The molecule has 2 N–H and O–H groups in total. The molecule has 1 aliphatic heterocycles. The van der Waals surface area contributed by atoms with Crippen molar-refractivity contribution in [3.63, 3.8) is 0 Å². The molecule has 2 aromatic rings. The molecule has 30 heavy (non-hydrogen) atoms. The van der Waals surface area contributed by atoms with Crippen LogP contribution in [0.4, 0.5) is 5.69 Å². The van der Waals surface area contributed by atoms with Crippen molar-refractivity contribution in [2.75, 3.05) is 25.5 Å². The van der Waals surface area contributed by atoms with Gasteiger partial charge in [-0.1, -0.05) is 30.4 Å². The monoisotopic (exact) mass is 422 g/mol. The Balaban J connectivity index is 1.51. The summed E-state index contributed by atoms with van der Waals surface area (Å²) >= 11 is 5.61. The van der Waals surface area contributed by atoms with Crippen LogP contribution in [0.1, 0.15) is 24.8 Å². The lowest BCUT2D eigenvalue weighted by molar-refractivity contribution is -0.126. The number of carbonyl (C=O) groups excluding carboxylic acids is 1. The minimum absolute atomic E-state index is 0.0721. The van der Waals surface area contributed by atoms with Crippen LogP contribution in [0.25, 0.3) is 0 Å². The lowest BCUT2D eigenvalue weighted by atomic mass is 10.0. The number of pyridine rings is 1. The van der Waals surface area contributed by atoms with Gasteiger partial charge in [0.25, 0.3) is 5.91 Å². The van der Waals surface area contributed by atoms with Crippen LogP contribution in [-0.2, 0) is 11.3 Å². The highest BCUT2D eigenvalue weighted by atomic mass is 32.1. The van der Waals surface area contributed by atoms with E-state index in [1.54, 1.807) is 24.3 Å². The normalized spacial score (nSPS) is 16.4. The summed E-state index contributed by atoms with van der Waals surface area (Å²) in [5.74, 6) is 1.40. The highest BCUT2D eigenvalue weighted by Crippen LogP contribution is 2.30. The van der Waals surface area contributed by atoms with E-state index >= 15 is 0 Å². The van der Waals surface area contributed by atoms with Gasteiger partial charge in [0.15, 0.2) is 0 Å². The van der Waals surface area contributed by atoms with Crippen molar-refractivity contribution in [2.24, 2.45) is 5.92 Å². The number of nitrogens with one attached hydrogen (secondary N) is 2. The predicted molar refractivity (Wildman–Crippen MR) is 121 cm³/mol. The lowest BCUT2D eigenvalue weighted by Gasteiger charge is -2.29. The molecule has 0 spiro atoms. The second kappa shape index (κ2) is 9.26. The number of hydrogen-bond donors (Lipinski definition) is 2. The fraction of sp³-hybridized carbons (Fsp3) is 0.348. The molecule has 2 heterocycles. The number of hydrogen-bond acceptors (Lipinski definition) is 5. The van der Waals surface area contributed by atoms with Crippen molar-refractivity contribution in [2.45, 2.75) is 25.8 Å². The van der Waals surface area contributed by atoms with Gasteiger partial charge in [-0.2, -0.15) is 0 Å². The maximum Gasteiger partial charge on any atom is 0.258 e. The predicted octanol–water partition coefficient (Wildman–Crippen LogP) is 3.52. The van der Waals surface area contributed by atoms with E-state index in [-0.39, 0.29) is 5.91 Å². The number of benzene rings is 1. The number of thiocarbonyl (C=S) groups is 1. The number of rotatable bonds is 8. The summed E-state index contributed by atoms with van der Waals surface area (Å²) in [5.41, 5.74) is 3.26. The Kier molecular flexibility index (Phi) is 6.28. The van der Waals surface area contributed by atoms with Gasteiger partial charge >= 0.3 is 0 Å². The molecule has 1 aliphatic carbocycles. The number of amides is 1. The molecule has 0 radical (unpaired) electrons. The van der Waals surface area contributed by atoms with E-state index in [1.165, 1.54) is 12.8 Å². The highest BCUT2D eigenvalue weighted by Gasteiger charge is 2.28. The van der Waals surface area contributed by atoms with E-state index < -0.39 is 0 Å². The van der Waals surface area contributed by atoms with Crippen molar-refractivity contribution in [1.82, 2.24) is 15.2 Å². The van der Waals surface area contributed by atoms with Crippen LogP contribution >= 0.6 is 12.2 Å². The minimum Gasteiger partial charge on any atom is -0.491 e. The van der Waals surface area contributed by atoms with Crippen LogP contribution < -0.4 is 15.4 Å². The van der Waals surface area contributed by atoms with Gasteiger partial charge in [0.05, 0.1) is 18.4 Å². The summed E-state index contributed by atoms with van der Waals surface area (Å²) in [7, 11) is 1.80. The maximum absolute atomic E-state index is 12.9. The fourth-order valence-electron chi connectivity index (χ4n) is 3.33. The van der Waals surface area contributed by atoms with Gasteiger partial charge in [-0.05, 0) is 37.0 Å². The Bertz CT molecular complexity index is 957. The van der Waals surface area contributed by atoms with E-state index in [9.17, 15) is 4.79 Å². The Hall–Kier alpha value is -2.93. The second-order valence-electron chi connectivity index (χ2n) is 7.74. The molecule has 4 rings (SSSR count). The summed E-state index contributed by atoms with van der Waals surface area (Å²) in [6, 6.07) is 11.6. The Labute approximate surface area is 182 Å². The van der Waals surface area contributed by atoms with Gasteiger partial charge in [-0.3, -0.25) is 9.78 Å². The first kappa shape index (κ1) is 20.3. The molecule has 0 saturated heterocycles. The summed E-state index contributed by atoms with van der Waals surface area (Å²) in [6.07, 6.45) is 6.72. The Morgan fingerprint density at radius 1 is 1.27 bits per heavy atom. The number of carbonyl (C=O) groups is 1. The smallest absolute Gasteiger partial charge is 0.258 e. The topological polar surface area (TPSA) is 66.5 Å². The van der Waals surface area contributed by atoms with Crippen molar-refractivity contribution < 1.29 is 9.53 Å². The molecule has 1 saturated carbocycles. The van der Waals surface area contributed by atoms with Crippen LogP contribution in [0.15, 0.2) is 60.1 Å². The van der Waals surface area contributed by atoms with Crippen LogP contribution in [-0.4, -0.2) is 41.0 Å². The zero-order chi connectivity index (χ0) is 20.9. The van der Waals surface area contributed by atoms with Crippen LogP contribution in [0.5, 0.6) is 5.75 Å².